The van der Waals surface area contributed by atoms with E-state index in [2.05, 4.69) is 26.6 Å². The molecule has 1 rings (SSSR count). The number of amides is 2. The van der Waals surface area contributed by atoms with E-state index in [0.717, 1.165) is 10.2 Å². The summed E-state index contributed by atoms with van der Waals surface area (Å²) in [6.07, 6.45) is -0.438. The summed E-state index contributed by atoms with van der Waals surface area (Å²) in [5, 5.41) is 5.46. The Kier molecular flexibility index (Phi) is 7.75. The van der Waals surface area contributed by atoms with Crippen LogP contribution in [0.5, 0.6) is 0 Å². The van der Waals surface area contributed by atoms with E-state index in [-0.39, 0.29) is 5.91 Å². The minimum absolute atomic E-state index is 0.0652. The second-order valence-corrected chi connectivity index (χ2v) is 7.56. The molecular formula is C15H21BrN2O3S. The largest absolute Gasteiger partial charge is 0.444 e. The van der Waals surface area contributed by atoms with E-state index < -0.39 is 11.7 Å². The van der Waals surface area contributed by atoms with Crippen molar-refractivity contribution in [2.75, 3.05) is 23.4 Å². The molecule has 2 N–H and O–H groups in total. The van der Waals surface area contributed by atoms with Crippen molar-refractivity contribution in [1.29, 1.82) is 0 Å². The molecule has 0 saturated carbocycles. The highest BCUT2D eigenvalue weighted by atomic mass is 79.9. The maximum atomic E-state index is 11.7. The van der Waals surface area contributed by atoms with Crippen molar-refractivity contribution in [3.05, 3.63) is 28.7 Å². The van der Waals surface area contributed by atoms with Crippen LogP contribution in [-0.4, -0.2) is 35.7 Å². The molecule has 2 amide bonds. The number of alkyl carbamates (subject to hydrolysis) is 1. The number of rotatable bonds is 6. The average molecular weight is 389 g/mol. The molecule has 0 aliphatic heterocycles. The lowest BCUT2D eigenvalue weighted by Crippen LogP contribution is -2.33. The first-order chi connectivity index (χ1) is 10.3. The van der Waals surface area contributed by atoms with Crippen LogP contribution in [0.2, 0.25) is 0 Å². The third-order valence-electron chi connectivity index (χ3n) is 2.28. The molecule has 0 radical (unpaired) electrons. The van der Waals surface area contributed by atoms with Gasteiger partial charge in [-0.1, -0.05) is 15.9 Å². The van der Waals surface area contributed by atoms with Gasteiger partial charge in [0, 0.05) is 22.5 Å². The number of anilines is 1. The molecule has 7 heteroatoms. The molecule has 0 aromatic heterocycles. The van der Waals surface area contributed by atoms with Crippen LogP contribution in [0.15, 0.2) is 28.7 Å². The monoisotopic (exact) mass is 388 g/mol. The summed E-state index contributed by atoms with van der Waals surface area (Å²) in [4.78, 5) is 23.1. The number of halogens is 1. The van der Waals surface area contributed by atoms with Gasteiger partial charge in [-0.15, -0.1) is 0 Å². The second-order valence-electron chi connectivity index (χ2n) is 5.54. The fourth-order valence-corrected chi connectivity index (χ4v) is 2.35. The maximum Gasteiger partial charge on any atom is 0.407 e. The Morgan fingerprint density at radius 3 is 2.45 bits per heavy atom. The van der Waals surface area contributed by atoms with E-state index in [1.807, 2.05) is 45.0 Å². The van der Waals surface area contributed by atoms with Gasteiger partial charge in [0.05, 0.1) is 5.75 Å². The van der Waals surface area contributed by atoms with Gasteiger partial charge in [0.15, 0.2) is 0 Å². The van der Waals surface area contributed by atoms with Crippen molar-refractivity contribution in [2.24, 2.45) is 0 Å². The van der Waals surface area contributed by atoms with E-state index in [4.69, 9.17) is 4.74 Å². The number of hydrogen-bond acceptors (Lipinski definition) is 4. The lowest BCUT2D eigenvalue weighted by Gasteiger charge is -2.19. The van der Waals surface area contributed by atoms with Gasteiger partial charge in [-0.05, 0) is 45.0 Å². The fraction of sp³-hybridized carbons (Fsp3) is 0.467. The van der Waals surface area contributed by atoms with Crippen LogP contribution in [-0.2, 0) is 9.53 Å². The third-order valence-corrected chi connectivity index (χ3v) is 3.76. The predicted molar refractivity (Wildman–Crippen MR) is 94.3 cm³/mol. The van der Waals surface area contributed by atoms with E-state index in [9.17, 15) is 9.59 Å². The molecule has 0 unspecified atom stereocenters. The second kappa shape index (κ2) is 9.05. The summed E-state index contributed by atoms with van der Waals surface area (Å²) in [6, 6.07) is 7.40. The smallest absolute Gasteiger partial charge is 0.407 e. The Labute approximate surface area is 143 Å². The third kappa shape index (κ3) is 8.94. The topological polar surface area (TPSA) is 67.4 Å². The molecule has 0 atom stereocenters. The molecule has 122 valence electrons. The molecule has 0 aliphatic rings. The molecule has 0 saturated heterocycles. The predicted octanol–water partition coefficient (Wildman–Crippen LogP) is 3.65. The number of benzene rings is 1. The Balaban J connectivity index is 2.13. The first-order valence-electron chi connectivity index (χ1n) is 6.86. The first kappa shape index (κ1) is 18.8. The van der Waals surface area contributed by atoms with Crippen molar-refractivity contribution in [3.8, 4) is 0 Å². The summed E-state index contributed by atoms with van der Waals surface area (Å²) in [5.41, 5.74) is 0.266. The standard InChI is InChI=1S/C15H21BrN2O3S/c1-15(2,3)21-14(20)17-8-9-22-10-13(19)18-12-6-4-11(16)5-7-12/h4-7H,8-10H2,1-3H3,(H,17,20)(H,18,19). The van der Waals surface area contributed by atoms with Crippen molar-refractivity contribution in [2.45, 2.75) is 26.4 Å². The molecular weight excluding hydrogens is 368 g/mol. The van der Waals surface area contributed by atoms with Crippen LogP contribution in [0.4, 0.5) is 10.5 Å². The molecule has 0 spiro atoms. The lowest BCUT2D eigenvalue weighted by atomic mass is 10.2. The molecule has 1 aromatic rings. The Morgan fingerprint density at radius 1 is 1.23 bits per heavy atom. The summed E-state index contributed by atoms with van der Waals surface area (Å²) in [7, 11) is 0. The number of carbonyl (C=O) groups is 2. The Hall–Kier alpha value is -1.21. The van der Waals surface area contributed by atoms with Crippen LogP contribution >= 0.6 is 27.7 Å². The minimum Gasteiger partial charge on any atom is -0.444 e. The minimum atomic E-state index is -0.498. The quantitative estimate of drug-likeness (QED) is 0.729. The summed E-state index contributed by atoms with van der Waals surface area (Å²) in [5.74, 6) is 0.920. The van der Waals surface area contributed by atoms with Gasteiger partial charge in [-0.3, -0.25) is 4.79 Å². The van der Waals surface area contributed by atoms with Gasteiger partial charge in [-0.2, -0.15) is 11.8 Å². The Morgan fingerprint density at radius 2 is 1.86 bits per heavy atom. The zero-order valence-electron chi connectivity index (χ0n) is 12.9. The average Bonchev–Trinajstić information content (AvgIpc) is 2.39. The fourth-order valence-electron chi connectivity index (χ4n) is 1.43. The maximum absolute atomic E-state index is 11.7. The molecule has 5 nitrogen and oxygen atoms in total. The van der Waals surface area contributed by atoms with E-state index in [0.29, 0.717) is 18.1 Å². The van der Waals surface area contributed by atoms with Gasteiger partial charge in [0.2, 0.25) is 5.91 Å². The first-order valence-corrected chi connectivity index (χ1v) is 8.81. The highest BCUT2D eigenvalue weighted by Gasteiger charge is 2.15. The van der Waals surface area contributed by atoms with Crippen LogP contribution in [0.3, 0.4) is 0 Å². The normalized spacial score (nSPS) is 10.9. The van der Waals surface area contributed by atoms with Crippen molar-refractivity contribution in [1.82, 2.24) is 5.32 Å². The lowest BCUT2D eigenvalue weighted by molar-refractivity contribution is -0.113. The molecule has 0 bridgehead atoms. The van der Waals surface area contributed by atoms with Crippen LogP contribution in [0.25, 0.3) is 0 Å². The van der Waals surface area contributed by atoms with Crippen LogP contribution < -0.4 is 10.6 Å². The molecule has 0 heterocycles. The zero-order valence-corrected chi connectivity index (χ0v) is 15.3. The highest BCUT2D eigenvalue weighted by Crippen LogP contribution is 2.14. The number of nitrogens with one attached hydrogen (secondary N) is 2. The van der Waals surface area contributed by atoms with E-state index >= 15 is 0 Å². The van der Waals surface area contributed by atoms with Crippen molar-refractivity contribution < 1.29 is 14.3 Å². The van der Waals surface area contributed by atoms with Gasteiger partial charge in [0.25, 0.3) is 0 Å². The summed E-state index contributed by atoms with van der Waals surface area (Å²) in [6.45, 7) is 5.90. The SMILES string of the molecule is CC(C)(C)OC(=O)NCCSCC(=O)Nc1ccc(Br)cc1. The van der Waals surface area contributed by atoms with E-state index in [1.165, 1.54) is 11.8 Å². The van der Waals surface area contributed by atoms with Gasteiger partial charge in [-0.25, -0.2) is 4.79 Å². The van der Waals surface area contributed by atoms with Crippen molar-refractivity contribution >= 4 is 45.4 Å². The zero-order chi connectivity index (χ0) is 16.6. The summed E-state index contributed by atoms with van der Waals surface area (Å²) >= 11 is 4.79. The highest BCUT2D eigenvalue weighted by molar-refractivity contribution is 9.10. The number of hydrogen-bond donors (Lipinski definition) is 2. The number of ether oxygens (including phenoxy) is 1. The molecule has 0 aliphatic carbocycles. The number of thioether (sulfide) groups is 1. The van der Waals surface area contributed by atoms with Crippen molar-refractivity contribution in [3.63, 3.8) is 0 Å². The van der Waals surface area contributed by atoms with E-state index in [1.54, 1.807) is 0 Å². The van der Waals surface area contributed by atoms with Gasteiger partial charge in [0.1, 0.15) is 5.60 Å². The number of carbonyl (C=O) groups excluding carboxylic acids is 2. The molecule has 1 aromatic carbocycles. The van der Waals surface area contributed by atoms with Gasteiger partial charge < -0.3 is 15.4 Å². The Bertz CT molecular complexity index is 501. The van der Waals surface area contributed by atoms with Crippen LogP contribution in [0.1, 0.15) is 20.8 Å². The van der Waals surface area contributed by atoms with Crippen LogP contribution in [0, 0.1) is 0 Å². The molecule has 0 fully saturated rings. The molecule has 22 heavy (non-hydrogen) atoms. The van der Waals surface area contributed by atoms with Gasteiger partial charge >= 0.3 is 6.09 Å². The summed E-state index contributed by atoms with van der Waals surface area (Å²) < 4.78 is 6.08.